The lowest BCUT2D eigenvalue weighted by Crippen LogP contribution is -2.33. The number of benzene rings is 1. The van der Waals surface area contributed by atoms with Gasteiger partial charge in [0.05, 0.1) is 11.5 Å². The summed E-state index contributed by atoms with van der Waals surface area (Å²) in [6.07, 6.45) is 1.52. The van der Waals surface area contributed by atoms with Crippen molar-refractivity contribution in [2.45, 2.75) is 18.0 Å². The molecule has 1 aliphatic rings. The summed E-state index contributed by atoms with van der Waals surface area (Å²) in [7, 11) is -3.57. The number of hydrogen-bond donors (Lipinski definition) is 2. The molecule has 6 heteroatoms. The predicted molar refractivity (Wildman–Crippen MR) is 73.0 cm³/mol. The molecule has 0 saturated heterocycles. The van der Waals surface area contributed by atoms with Crippen LogP contribution in [0.1, 0.15) is 11.1 Å². The summed E-state index contributed by atoms with van der Waals surface area (Å²) in [5.74, 6) is 0. The van der Waals surface area contributed by atoms with Crippen molar-refractivity contribution in [3.63, 3.8) is 0 Å². The van der Waals surface area contributed by atoms with Gasteiger partial charge < -0.3 is 10.4 Å². The minimum absolute atomic E-state index is 0.0731. The fourth-order valence-electron chi connectivity index (χ4n) is 2.15. The van der Waals surface area contributed by atoms with Crippen LogP contribution < -0.4 is 5.32 Å². The van der Waals surface area contributed by atoms with E-state index in [1.807, 2.05) is 6.07 Å². The lowest BCUT2D eigenvalue weighted by molar-refractivity contribution is 0.260. The van der Waals surface area contributed by atoms with Crippen LogP contribution in [0.5, 0.6) is 0 Å². The van der Waals surface area contributed by atoms with Crippen molar-refractivity contribution >= 4 is 10.0 Å². The van der Waals surface area contributed by atoms with Crippen molar-refractivity contribution in [1.82, 2.24) is 9.62 Å². The maximum atomic E-state index is 12.5. The van der Waals surface area contributed by atoms with Gasteiger partial charge in [0.25, 0.3) is 0 Å². The summed E-state index contributed by atoms with van der Waals surface area (Å²) >= 11 is 0. The van der Waals surface area contributed by atoms with Crippen molar-refractivity contribution in [3.8, 4) is 0 Å². The van der Waals surface area contributed by atoms with E-state index in [9.17, 15) is 8.42 Å². The second-order valence-corrected chi connectivity index (χ2v) is 6.35. The summed E-state index contributed by atoms with van der Waals surface area (Å²) in [5, 5.41) is 12.2. The summed E-state index contributed by atoms with van der Waals surface area (Å²) in [5.41, 5.74) is 2.15. The highest BCUT2D eigenvalue weighted by Gasteiger charge is 2.24. The number of nitrogens with one attached hydrogen (secondary N) is 1. The van der Waals surface area contributed by atoms with E-state index in [0.717, 1.165) is 17.7 Å². The smallest absolute Gasteiger partial charge is 0.243 e. The molecule has 0 atom stereocenters. The molecule has 0 amide bonds. The average molecular weight is 282 g/mol. The number of aliphatic hydroxyl groups excluding tert-OH is 1. The van der Waals surface area contributed by atoms with Gasteiger partial charge in [0.1, 0.15) is 0 Å². The molecule has 1 heterocycles. The number of fused-ring (bicyclic) bond motifs is 1. The van der Waals surface area contributed by atoms with Crippen molar-refractivity contribution in [2.75, 3.05) is 19.7 Å². The molecule has 1 aromatic carbocycles. The summed E-state index contributed by atoms with van der Waals surface area (Å²) in [6, 6.07) is 5.17. The first-order chi connectivity index (χ1) is 9.09. The molecule has 2 rings (SSSR count). The van der Waals surface area contributed by atoms with E-state index < -0.39 is 10.0 Å². The zero-order chi connectivity index (χ0) is 13.9. The molecule has 0 aromatic heterocycles. The molecule has 0 saturated carbocycles. The molecule has 19 heavy (non-hydrogen) atoms. The van der Waals surface area contributed by atoms with Crippen LogP contribution in [0.3, 0.4) is 0 Å². The van der Waals surface area contributed by atoms with Gasteiger partial charge in [-0.15, -0.1) is 6.58 Å². The van der Waals surface area contributed by atoms with E-state index >= 15 is 0 Å². The first-order valence-electron chi connectivity index (χ1n) is 6.14. The second kappa shape index (κ2) is 5.83. The van der Waals surface area contributed by atoms with E-state index in [-0.39, 0.29) is 24.6 Å². The second-order valence-electron chi connectivity index (χ2n) is 4.41. The Kier molecular flexibility index (Phi) is 4.36. The molecular formula is C13H18N2O3S. The van der Waals surface area contributed by atoms with Crippen LogP contribution in [-0.4, -0.2) is 37.5 Å². The molecule has 0 aliphatic carbocycles. The SMILES string of the molecule is C=CCN(CCO)S(=O)(=O)c1ccc2c(c1)CNC2. The Morgan fingerprint density at radius 1 is 1.37 bits per heavy atom. The van der Waals surface area contributed by atoms with Gasteiger partial charge in [-0.1, -0.05) is 12.1 Å². The van der Waals surface area contributed by atoms with Crippen LogP contribution in [-0.2, 0) is 23.1 Å². The highest BCUT2D eigenvalue weighted by Crippen LogP contribution is 2.22. The maximum Gasteiger partial charge on any atom is 0.243 e. The van der Waals surface area contributed by atoms with Gasteiger partial charge >= 0.3 is 0 Å². The monoisotopic (exact) mass is 282 g/mol. The minimum Gasteiger partial charge on any atom is -0.395 e. The molecule has 2 N–H and O–H groups in total. The van der Waals surface area contributed by atoms with Gasteiger partial charge in [0, 0.05) is 26.2 Å². The Hall–Kier alpha value is -1.21. The van der Waals surface area contributed by atoms with Crippen LogP contribution in [0, 0.1) is 0 Å². The summed E-state index contributed by atoms with van der Waals surface area (Å²) in [4.78, 5) is 0.269. The molecule has 0 radical (unpaired) electrons. The fraction of sp³-hybridized carbons (Fsp3) is 0.385. The number of rotatable bonds is 6. The number of aliphatic hydroxyl groups is 1. The van der Waals surface area contributed by atoms with Crippen molar-refractivity contribution in [3.05, 3.63) is 42.0 Å². The molecular weight excluding hydrogens is 264 g/mol. The van der Waals surface area contributed by atoms with Crippen LogP contribution in [0.15, 0.2) is 35.7 Å². The molecule has 5 nitrogen and oxygen atoms in total. The van der Waals surface area contributed by atoms with E-state index in [4.69, 9.17) is 5.11 Å². The molecule has 0 spiro atoms. The Morgan fingerprint density at radius 2 is 2.11 bits per heavy atom. The quantitative estimate of drug-likeness (QED) is 0.744. The Balaban J connectivity index is 2.34. The highest BCUT2D eigenvalue weighted by atomic mass is 32.2. The van der Waals surface area contributed by atoms with Crippen LogP contribution >= 0.6 is 0 Å². The third-order valence-electron chi connectivity index (χ3n) is 3.13. The first-order valence-corrected chi connectivity index (χ1v) is 7.58. The first kappa shape index (κ1) is 14.2. The highest BCUT2D eigenvalue weighted by molar-refractivity contribution is 7.89. The van der Waals surface area contributed by atoms with Gasteiger partial charge in [0.15, 0.2) is 0 Å². The van der Waals surface area contributed by atoms with Gasteiger partial charge in [-0.05, 0) is 23.3 Å². The summed E-state index contributed by atoms with van der Waals surface area (Å²) < 4.78 is 26.1. The summed E-state index contributed by atoms with van der Waals surface area (Å²) in [6.45, 7) is 5.08. The Labute approximate surface area is 113 Å². The van der Waals surface area contributed by atoms with Crippen molar-refractivity contribution in [1.29, 1.82) is 0 Å². The zero-order valence-electron chi connectivity index (χ0n) is 10.7. The molecule has 0 fully saturated rings. The third kappa shape index (κ3) is 2.87. The normalized spacial score (nSPS) is 14.6. The Morgan fingerprint density at radius 3 is 2.79 bits per heavy atom. The van der Waals surface area contributed by atoms with Crippen LogP contribution in [0.25, 0.3) is 0 Å². The standard InChI is InChI=1S/C13H18N2O3S/c1-2-5-15(6-7-16)19(17,18)13-4-3-11-9-14-10-12(11)8-13/h2-4,8,14,16H,1,5-7,9-10H2. The molecule has 1 aliphatic heterocycles. The van der Waals surface area contributed by atoms with Gasteiger partial charge in [0.2, 0.25) is 10.0 Å². The van der Waals surface area contributed by atoms with Crippen LogP contribution in [0.4, 0.5) is 0 Å². The molecule has 104 valence electrons. The van der Waals surface area contributed by atoms with Gasteiger partial charge in [-0.2, -0.15) is 4.31 Å². The number of sulfonamides is 1. The maximum absolute atomic E-state index is 12.5. The zero-order valence-corrected chi connectivity index (χ0v) is 11.5. The van der Waals surface area contributed by atoms with E-state index in [0.29, 0.717) is 6.54 Å². The fourth-order valence-corrected chi connectivity index (χ4v) is 3.60. The lowest BCUT2D eigenvalue weighted by Gasteiger charge is -2.20. The number of nitrogens with zero attached hydrogens (tertiary/aromatic N) is 1. The lowest BCUT2D eigenvalue weighted by atomic mass is 10.1. The molecule has 0 unspecified atom stereocenters. The van der Waals surface area contributed by atoms with Crippen molar-refractivity contribution in [2.24, 2.45) is 0 Å². The van der Waals surface area contributed by atoms with E-state index in [2.05, 4.69) is 11.9 Å². The van der Waals surface area contributed by atoms with Crippen LogP contribution in [0.2, 0.25) is 0 Å². The van der Waals surface area contributed by atoms with E-state index in [1.54, 1.807) is 12.1 Å². The average Bonchev–Trinajstić information content (AvgIpc) is 2.85. The Bertz CT molecular complexity index is 569. The predicted octanol–water partition coefficient (Wildman–Crippen LogP) is 0.459. The van der Waals surface area contributed by atoms with Gasteiger partial charge in [-0.3, -0.25) is 0 Å². The third-order valence-corrected chi connectivity index (χ3v) is 4.99. The molecule has 1 aromatic rings. The number of hydrogen-bond acceptors (Lipinski definition) is 4. The largest absolute Gasteiger partial charge is 0.395 e. The van der Waals surface area contributed by atoms with Crippen molar-refractivity contribution < 1.29 is 13.5 Å². The minimum atomic E-state index is -3.57. The molecule has 0 bridgehead atoms. The van der Waals surface area contributed by atoms with E-state index in [1.165, 1.54) is 10.4 Å². The van der Waals surface area contributed by atoms with Gasteiger partial charge in [-0.25, -0.2) is 8.42 Å². The topological polar surface area (TPSA) is 69.6 Å².